The highest BCUT2D eigenvalue weighted by atomic mass is 35.5. The van der Waals surface area contributed by atoms with Crippen LogP contribution < -0.4 is 0 Å². The van der Waals surface area contributed by atoms with E-state index in [1.807, 2.05) is 60.7 Å². The number of aromatic hydroxyl groups is 2. The van der Waals surface area contributed by atoms with Gasteiger partial charge in [-0.25, -0.2) is 0 Å². The average molecular weight is 698 g/mol. The van der Waals surface area contributed by atoms with Crippen molar-refractivity contribution >= 4 is 36.4 Å². The van der Waals surface area contributed by atoms with Gasteiger partial charge in [0.25, 0.3) is 0 Å². The number of ketones is 2. The van der Waals surface area contributed by atoms with Crippen molar-refractivity contribution in [3.63, 3.8) is 0 Å². The van der Waals surface area contributed by atoms with E-state index in [-0.39, 0.29) is 74.2 Å². The largest absolute Gasteiger partial charge is 0.508 e. The Hall–Kier alpha value is -3.76. The minimum Gasteiger partial charge on any atom is -0.508 e. The molecule has 4 rings (SSSR count). The fourth-order valence-electron chi connectivity index (χ4n) is 5.50. The first-order valence-electron chi connectivity index (χ1n) is 15.8. The van der Waals surface area contributed by atoms with Crippen LogP contribution in [0.1, 0.15) is 68.7 Å². The van der Waals surface area contributed by atoms with Gasteiger partial charge < -0.3 is 20.4 Å². The van der Waals surface area contributed by atoms with E-state index in [9.17, 15) is 30.0 Å². The molecule has 0 heterocycles. The Morgan fingerprint density at radius 1 is 0.521 bits per heavy atom. The Bertz CT molecular complexity index is 1440. The molecule has 48 heavy (non-hydrogen) atoms. The number of unbranched alkanes of at least 4 members (excludes halogenated alkanes) is 3. The molecule has 0 aromatic heterocycles. The molecular formula is C38H46Cl2N2O6. The molecule has 0 unspecified atom stereocenters. The van der Waals surface area contributed by atoms with Crippen molar-refractivity contribution in [1.29, 1.82) is 0 Å². The van der Waals surface area contributed by atoms with E-state index < -0.39 is 0 Å². The number of carbonyl (C=O) groups is 2. The molecular weight excluding hydrogens is 651 g/mol. The highest BCUT2D eigenvalue weighted by Gasteiger charge is 2.17. The summed E-state index contributed by atoms with van der Waals surface area (Å²) in [6.07, 6.45) is 3.76. The normalized spacial score (nSPS) is 10.8. The first-order valence-corrected chi connectivity index (χ1v) is 15.8. The SMILES string of the molecule is Cl.Cl.O=C(CN(CCCCCCN(CC(=O)c1ccc(O)c(CO)c1)Cc1ccccc1)Cc1ccccc1)c1ccc(O)c(CO)c1. The number of hydrogen-bond acceptors (Lipinski definition) is 8. The van der Waals surface area contributed by atoms with Gasteiger partial charge in [-0.2, -0.15) is 0 Å². The molecule has 0 spiro atoms. The predicted octanol–water partition coefficient (Wildman–Crippen LogP) is 6.56. The van der Waals surface area contributed by atoms with E-state index in [1.54, 1.807) is 24.3 Å². The molecule has 0 saturated heterocycles. The van der Waals surface area contributed by atoms with Crippen LogP contribution in [0.2, 0.25) is 0 Å². The summed E-state index contributed by atoms with van der Waals surface area (Å²) < 4.78 is 0. The molecule has 8 nitrogen and oxygen atoms in total. The second-order valence-electron chi connectivity index (χ2n) is 11.7. The van der Waals surface area contributed by atoms with Gasteiger partial charge in [0.05, 0.1) is 26.3 Å². The van der Waals surface area contributed by atoms with Gasteiger partial charge in [0.15, 0.2) is 11.6 Å². The molecule has 0 amide bonds. The molecule has 0 radical (unpaired) electrons. The third-order valence-corrected chi connectivity index (χ3v) is 8.07. The standard InChI is InChI=1S/C38H44N2O6.2ClH/c41-27-33-21-31(15-17-35(33)43)37(45)25-39(23-29-11-5-3-6-12-29)19-9-1-2-10-20-40(24-30-13-7-4-8-14-30)26-38(46)32-16-18-36(44)34(22-32)28-42;;/h3-8,11-18,21-22,41-44H,1-2,9-10,19-20,23-28H2;2*1H. The molecule has 0 fully saturated rings. The molecule has 0 atom stereocenters. The molecule has 0 saturated carbocycles. The Morgan fingerprint density at radius 2 is 0.896 bits per heavy atom. The highest BCUT2D eigenvalue weighted by Crippen LogP contribution is 2.21. The zero-order chi connectivity index (χ0) is 32.7. The fourth-order valence-corrected chi connectivity index (χ4v) is 5.50. The van der Waals surface area contributed by atoms with Gasteiger partial charge in [0.1, 0.15) is 11.5 Å². The summed E-state index contributed by atoms with van der Waals surface area (Å²) in [5.74, 6) is -0.177. The highest BCUT2D eigenvalue weighted by molar-refractivity contribution is 5.98. The summed E-state index contributed by atoms with van der Waals surface area (Å²) in [5, 5.41) is 38.8. The number of hydrogen-bond donors (Lipinski definition) is 4. The van der Waals surface area contributed by atoms with Crippen LogP contribution in [0.25, 0.3) is 0 Å². The topological polar surface area (TPSA) is 122 Å². The lowest BCUT2D eigenvalue weighted by atomic mass is 10.1. The van der Waals surface area contributed by atoms with Crippen LogP contribution in [0, 0.1) is 0 Å². The number of phenols is 2. The van der Waals surface area contributed by atoms with Crippen molar-refractivity contribution in [2.75, 3.05) is 26.2 Å². The summed E-state index contributed by atoms with van der Waals surface area (Å²) in [7, 11) is 0. The maximum Gasteiger partial charge on any atom is 0.176 e. The van der Waals surface area contributed by atoms with Crippen LogP contribution >= 0.6 is 24.8 Å². The zero-order valence-corrected chi connectivity index (χ0v) is 28.7. The average Bonchev–Trinajstić information content (AvgIpc) is 3.07. The quantitative estimate of drug-likeness (QED) is 0.0643. The van der Waals surface area contributed by atoms with Crippen LogP contribution in [0.3, 0.4) is 0 Å². The van der Waals surface area contributed by atoms with Crippen molar-refractivity contribution in [1.82, 2.24) is 9.80 Å². The van der Waals surface area contributed by atoms with Crippen LogP contribution in [0.4, 0.5) is 0 Å². The van der Waals surface area contributed by atoms with Crippen molar-refractivity contribution in [2.24, 2.45) is 0 Å². The number of benzene rings is 4. The van der Waals surface area contributed by atoms with E-state index in [4.69, 9.17) is 0 Å². The number of aliphatic hydroxyl groups excluding tert-OH is 2. The minimum atomic E-state index is -0.334. The third-order valence-electron chi connectivity index (χ3n) is 8.07. The number of carbonyl (C=O) groups excluding carboxylic acids is 2. The molecule has 0 aliphatic rings. The molecule has 0 aliphatic carbocycles. The predicted molar refractivity (Wildman–Crippen MR) is 193 cm³/mol. The summed E-state index contributed by atoms with van der Waals surface area (Å²) in [6, 6.07) is 29.3. The Morgan fingerprint density at radius 3 is 1.25 bits per heavy atom. The number of nitrogens with zero attached hydrogens (tertiary/aromatic N) is 2. The van der Waals surface area contributed by atoms with E-state index in [0.29, 0.717) is 35.3 Å². The van der Waals surface area contributed by atoms with Crippen LogP contribution in [-0.2, 0) is 26.3 Å². The third kappa shape index (κ3) is 12.7. The Labute approximate surface area is 295 Å². The van der Waals surface area contributed by atoms with E-state index in [0.717, 1.165) is 49.9 Å². The molecule has 0 bridgehead atoms. The lowest BCUT2D eigenvalue weighted by molar-refractivity contribution is 0.0912. The van der Waals surface area contributed by atoms with Crippen LogP contribution in [0.15, 0.2) is 97.1 Å². The summed E-state index contributed by atoms with van der Waals surface area (Å²) >= 11 is 0. The maximum absolute atomic E-state index is 13.2. The van der Waals surface area contributed by atoms with Crippen molar-refractivity contribution in [3.05, 3.63) is 130 Å². The van der Waals surface area contributed by atoms with Gasteiger partial charge in [-0.15, -0.1) is 24.8 Å². The van der Waals surface area contributed by atoms with Crippen molar-refractivity contribution in [3.8, 4) is 11.5 Å². The smallest absolute Gasteiger partial charge is 0.176 e. The first-order chi connectivity index (χ1) is 22.4. The maximum atomic E-state index is 13.2. The number of rotatable bonds is 19. The van der Waals surface area contributed by atoms with Crippen LogP contribution in [0.5, 0.6) is 11.5 Å². The van der Waals surface area contributed by atoms with Crippen molar-refractivity contribution < 1.29 is 30.0 Å². The number of Topliss-reactive ketones (excluding diaryl/α,β-unsaturated/α-hetero) is 2. The van der Waals surface area contributed by atoms with Gasteiger partial charge >= 0.3 is 0 Å². The van der Waals surface area contributed by atoms with Crippen LogP contribution in [-0.4, -0.2) is 68.0 Å². The van der Waals surface area contributed by atoms with Gasteiger partial charge in [-0.3, -0.25) is 19.4 Å². The monoisotopic (exact) mass is 696 g/mol. The fraction of sp³-hybridized carbons (Fsp3) is 0.316. The summed E-state index contributed by atoms with van der Waals surface area (Å²) in [5.41, 5.74) is 3.85. The first kappa shape index (κ1) is 40.4. The number of halogens is 2. The van der Waals surface area contributed by atoms with E-state index >= 15 is 0 Å². The van der Waals surface area contributed by atoms with E-state index in [1.165, 1.54) is 12.1 Å². The van der Waals surface area contributed by atoms with Gasteiger partial charge in [-0.1, -0.05) is 73.5 Å². The zero-order valence-electron chi connectivity index (χ0n) is 27.0. The summed E-state index contributed by atoms with van der Waals surface area (Å²) in [6.45, 7) is 2.55. The van der Waals surface area contributed by atoms with Gasteiger partial charge in [0.2, 0.25) is 0 Å². The second kappa shape index (κ2) is 21.3. The second-order valence-corrected chi connectivity index (χ2v) is 11.7. The molecule has 4 N–H and O–H groups in total. The number of aliphatic hydroxyl groups is 2. The molecule has 258 valence electrons. The van der Waals surface area contributed by atoms with Crippen molar-refractivity contribution in [2.45, 2.75) is 52.0 Å². The molecule has 4 aromatic carbocycles. The summed E-state index contributed by atoms with van der Waals surface area (Å²) in [4.78, 5) is 30.6. The van der Waals surface area contributed by atoms with E-state index in [2.05, 4.69) is 9.80 Å². The minimum absolute atomic E-state index is 0. The lowest BCUT2D eigenvalue weighted by Crippen LogP contribution is -2.31. The van der Waals surface area contributed by atoms with Gasteiger partial charge in [-0.05, 0) is 73.5 Å². The molecule has 0 aliphatic heterocycles. The Balaban J connectivity index is 0.00000400. The van der Waals surface area contributed by atoms with Gasteiger partial charge in [0, 0.05) is 35.3 Å². The molecule has 4 aromatic rings. The Kier molecular flexibility index (Phi) is 17.9. The molecule has 10 heteroatoms. The lowest BCUT2D eigenvalue weighted by Gasteiger charge is -2.23.